The zero-order valence-electron chi connectivity index (χ0n) is 14.1. The lowest BCUT2D eigenvalue weighted by Crippen LogP contribution is -2.52. The predicted octanol–water partition coefficient (Wildman–Crippen LogP) is 1.91. The predicted molar refractivity (Wildman–Crippen MR) is 89.2 cm³/mol. The van der Waals surface area contributed by atoms with Gasteiger partial charge < -0.3 is 4.90 Å². The van der Waals surface area contributed by atoms with Crippen molar-refractivity contribution in [2.75, 3.05) is 38.6 Å². The number of nitrogens with zero attached hydrogens (tertiary/aromatic N) is 4. The van der Waals surface area contributed by atoms with Gasteiger partial charge in [-0.15, -0.1) is 11.6 Å². The zero-order valence-corrected chi connectivity index (χ0v) is 14.9. The molecule has 1 saturated heterocycles. The van der Waals surface area contributed by atoms with Crippen LogP contribution in [-0.2, 0) is 11.3 Å². The Bertz CT molecular complexity index is 518. The first-order chi connectivity index (χ1) is 10.3. The van der Waals surface area contributed by atoms with E-state index < -0.39 is 5.41 Å². The van der Waals surface area contributed by atoms with Gasteiger partial charge in [0.25, 0.3) is 0 Å². The largest absolute Gasteiger partial charge is 0.340 e. The summed E-state index contributed by atoms with van der Waals surface area (Å²) in [5.74, 6) is 0.532. The second kappa shape index (κ2) is 7.01. The smallest absolute Gasteiger partial charge is 0.229 e. The van der Waals surface area contributed by atoms with E-state index in [2.05, 4.69) is 27.7 Å². The van der Waals surface area contributed by atoms with Gasteiger partial charge in [-0.1, -0.05) is 0 Å². The number of carbonyl (C=O) groups is 1. The van der Waals surface area contributed by atoms with Gasteiger partial charge >= 0.3 is 0 Å². The Morgan fingerprint density at radius 3 is 2.36 bits per heavy atom. The number of amides is 1. The van der Waals surface area contributed by atoms with Crippen molar-refractivity contribution >= 4 is 17.5 Å². The van der Waals surface area contributed by atoms with E-state index in [1.54, 1.807) is 0 Å². The van der Waals surface area contributed by atoms with Crippen molar-refractivity contribution in [2.45, 2.75) is 34.2 Å². The van der Waals surface area contributed by atoms with E-state index in [0.717, 1.165) is 45.0 Å². The van der Waals surface area contributed by atoms with Gasteiger partial charge in [0.2, 0.25) is 5.91 Å². The quantitative estimate of drug-likeness (QED) is 0.776. The summed E-state index contributed by atoms with van der Waals surface area (Å²) in [6.45, 7) is 13.2. The van der Waals surface area contributed by atoms with E-state index in [9.17, 15) is 4.79 Å². The van der Waals surface area contributed by atoms with Gasteiger partial charge in [-0.2, -0.15) is 5.10 Å². The molecule has 22 heavy (non-hydrogen) atoms. The molecule has 0 N–H and O–H groups in total. The van der Waals surface area contributed by atoms with Crippen LogP contribution in [0, 0.1) is 19.3 Å². The van der Waals surface area contributed by atoms with Crippen LogP contribution in [0.15, 0.2) is 6.07 Å². The summed E-state index contributed by atoms with van der Waals surface area (Å²) in [6, 6.07) is 2.10. The number of hydrogen-bond donors (Lipinski definition) is 0. The molecule has 1 amide bonds. The van der Waals surface area contributed by atoms with Crippen LogP contribution in [0.4, 0.5) is 0 Å². The fourth-order valence-corrected chi connectivity index (χ4v) is 2.91. The highest BCUT2D eigenvalue weighted by molar-refractivity contribution is 6.19. The molecule has 0 saturated carbocycles. The minimum atomic E-state index is -0.465. The lowest BCUT2D eigenvalue weighted by atomic mass is 9.94. The Labute approximate surface area is 138 Å². The minimum absolute atomic E-state index is 0.167. The fraction of sp³-hybridized carbons (Fsp3) is 0.750. The number of alkyl halides is 1. The second-order valence-corrected chi connectivity index (χ2v) is 7.07. The molecule has 0 spiro atoms. The normalized spacial score (nSPS) is 17.0. The summed E-state index contributed by atoms with van der Waals surface area (Å²) in [5, 5.41) is 4.49. The van der Waals surface area contributed by atoms with E-state index in [0.29, 0.717) is 5.88 Å². The summed E-state index contributed by atoms with van der Waals surface area (Å²) >= 11 is 5.90. The maximum atomic E-state index is 12.4. The maximum absolute atomic E-state index is 12.4. The molecular formula is C16H27ClN4O. The van der Waals surface area contributed by atoms with Gasteiger partial charge in [-0.3, -0.25) is 14.4 Å². The Morgan fingerprint density at radius 2 is 1.86 bits per heavy atom. The van der Waals surface area contributed by atoms with Crippen LogP contribution in [0.5, 0.6) is 0 Å². The molecule has 5 nitrogen and oxygen atoms in total. The van der Waals surface area contributed by atoms with E-state index in [-0.39, 0.29) is 5.91 Å². The summed E-state index contributed by atoms with van der Waals surface area (Å²) in [4.78, 5) is 16.7. The van der Waals surface area contributed by atoms with Crippen molar-refractivity contribution < 1.29 is 4.79 Å². The molecule has 6 heteroatoms. The summed E-state index contributed by atoms with van der Waals surface area (Å²) in [6.07, 6.45) is 0. The van der Waals surface area contributed by atoms with Crippen LogP contribution >= 0.6 is 11.6 Å². The van der Waals surface area contributed by atoms with Crippen molar-refractivity contribution in [3.63, 3.8) is 0 Å². The van der Waals surface area contributed by atoms with Crippen LogP contribution in [0.1, 0.15) is 25.2 Å². The highest BCUT2D eigenvalue weighted by Crippen LogP contribution is 2.21. The Kier molecular flexibility index (Phi) is 5.50. The van der Waals surface area contributed by atoms with Crippen molar-refractivity contribution in [1.82, 2.24) is 19.6 Å². The third-order valence-electron chi connectivity index (χ3n) is 4.30. The number of hydrogen-bond acceptors (Lipinski definition) is 3. The van der Waals surface area contributed by atoms with Crippen molar-refractivity contribution in [1.29, 1.82) is 0 Å². The molecule has 1 aromatic heterocycles. The SMILES string of the molecule is Cc1cc(C)n(CCN2CCN(C(=O)C(C)(C)CCl)CC2)n1. The summed E-state index contributed by atoms with van der Waals surface area (Å²) in [5.41, 5.74) is 1.80. The number of rotatable bonds is 5. The van der Waals surface area contributed by atoms with Crippen LogP contribution in [-0.4, -0.2) is 64.1 Å². The molecule has 0 atom stereocenters. The van der Waals surface area contributed by atoms with E-state index in [1.807, 2.05) is 25.7 Å². The first-order valence-electron chi connectivity index (χ1n) is 7.92. The second-order valence-electron chi connectivity index (χ2n) is 6.80. The molecule has 0 bridgehead atoms. The van der Waals surface area contributed by atoms with E-state index in [1.165, 1.54) is 5.69 Å². The average Bonchev–Trinajstić information content (AvgIpc) is 2.82. The Morgan fingerprint density at radius 1 is 1.23 bits per heavy atom. The van der Waals surface area contributed by atoms with Crippen LogP contribution in [0.25, 0.3) is 0 Å². The van der Waals surface area contributed by atoms with Gasteiger partial charge in [0, 0.05) is 44.3 Å². The molecular weight excluding hydrogens is 300 g/mol. The van der Waals surface area contributed by atoms with Crippen LogP contribution in [0.2, 0.25) is 0 Å². The van der Waals surface area contributed by atoms with Gasteiger partial charge in [0.15, 0.2) is 0 Å². The molecule has 1 aliphatic rings. The average molecular weight is 327 g/mol. The molecule has 2 heterocycles. The highest BCUT2D eigenvalue weighted by Gasteiger charge is 2.32. The highest BCUT2D eigenvalue weighted by atomic mass is 35.5. The fourth-order valence-electron chi connectivity index (χ4n) is 2.80. The molecule has 124 valence electrons. The molecule has 0 radical (unpaired) electrons. The minimum Gasteiger partial charge on any atom is -0.340 e. The van der Waals surface area contributed by atoms with Crippen molar-refractivity contribution in [2.24, 2.45) is 5.41 Å². The van der Waals surface area contributed by atoms with Gasteiger partial charge in [-0.05, 0) is 33.8 Å². The monoisotopic (exact) mass is 326 g/mol. The summed E-state index contributed by atoms with van der Waals surface area (Å²) < 4.78 is 2.06. The number of carbonyl (C=O) groups excluding carboxylic acids is 1. The molecule has 1 aromatic rings. The lowest BCUT2D eigenvalue weighted by molar-refractivity contribution is -0.141. The molecule has 2 rings (SSSR count). The lowest BCUT2D eigenvalue weighted by Gasteiger charge is -2.38. The molecule has 0 aliphatic carbocycles. The van der Waals surface area contributed by atoms with Crippen LogP contribution in [0.3, 0.4) is 0 Å². The number of piperazine rings is 1. The van der Waals surface area contributed by atoms with Gasteiger partial charge in [0.1, 0.15) is 0 Å². The maximum Gasteiger partial charge on any atom is 0.229 e. The Balaban J connectivity index is 1.80. The first-order valence-corrected chi connectivity index (χ1v) is 8.45. The molecule has 1 aliphatic heterocycles. The Hall–Kier alpha value is -1.07. The van der Waals surface area contributed by atoms with Gasteiger partial charge in [0.05, 0.1) is 17.7 Å². The third kappa shape index (κ3) is 4.02. The first kappa shape index (κ1) is 17.3. The van der Waals surface area contributed by atoms with E-state index >= 15 is 0 Å². The van der Waals surface area contributed by atoms with Crippen molar-refractivity contribution in [3.05, 3.63) is 17.5 Å². The van der Waals surface area contributed by atoms with E-state index in [4.69, 9.17) is 11.6 Å². The zero-order chi connectivity index (χ0) is 16.3. The third-order valence-corrected chi connectivity index (χ3v) is 4.97. The van der Waals surface area contributed by atoms with Crippen molar-refractivity contribution in [3.8, 4) is 0 Å². The number of aryl methyl sites for hydroxylation is 2. The molecule has 1 fully saturated rings. The summed E-state index contributed by atoms with van der Waals surface area (Å²) in [7, 11) is 0. The van der Waals surface area contributed by atoms with Crippen LogP contribution < -0.4 is 0 Å². The number of halogens is 1. The number of aromatic nitrogens is 2. The molecule has 0 unspecified atom stereocenters. The van der Waals surface area contributed by atoms with Gasteiger partial charge in [-0.25, -0.2) is 0 Å². The topological polar surface area (TPSA) is 41.4 Å². The molecule has 0 aromatic carbocycles. The standard InChI is InChI=1S/C16H27ClN4O/c1-13-11-14(2)21(18-13)10-7-19-5-8-20(9-6-19)15(22)16(3,4)12-17/h11H,5-10,12H2,1-4H3.